The molecule has 0 aliphatic rings. The lowest BCUT2D eigenvalue weighted by Crippen LogP contribution is -2.24. The zero-order chi connectivity index (χ0) is 17.6. The maximum atomic E-state index is 12.1. The highest BCUT2D eigenvalue weighted by Gasteiger charge is 2.09. The average molecular weight is 343 g/mol. The quantitative estimate of drug-likeness (QED) is 0.821. The molecule has 1 aromatic heterocycles. The van der Waals surface area contributed by atoms with Gasteiger partial charge in [0.05, 0.1) is 16.9 Å². The molecule has 4 nitrogen and oxygen atoms in total. The largest absolute Gasteiger partial charge is 0.497 e. The van der Waals surface area contributed by atoms with Crippen molar-refractivity contribution >= 4 is 17.2 Å². The van der Waals surface area contributed by atoms with E-state index in [9.17, 15) is 9.90 Å². The van der Waals surface area contributed by atoms with Gasteiger partial charge in [-0.05, 0) is 50.1 Å². The summed E-state index contributed by atoms with van der Waals surface area (Å²) < 4.78 is 5.12. The van der Waals surface area contributed by atoms with E-state index < -0.39 is 5.60 Å². The van der Waals surface area contributed by atoms with Gasteiger partial charge in [0.2, 0.25) is 0 Å². The molecule has 2 aromatic rings. The predicted octanol–water partition coefficient (Wildman–Crippen LogP) is 2.85. The standard InChI is InChI=1S/C19H21NO3S/c1-19(2,22)12-10-16-8-9-17(24-16)18(21)20-13-11-14-4-6-15(23-3)7-5-14/h4-9,22H,11,13H2,1-3H3,(H,20,21). The summed E-state index contributed by atoms with van der Waals surface area (Å²) >= 11 is 1.32. The lowest BCUT2D eigenvalue weighted by atomic mass is 10.1. The molecule has 24 heavy (non-hydrogen) atoms. The van der Waals surface area contributed by atoms with Crippen LogP contribution in [0.4, 0.5) is 0 Å². The number of hydrogen-bond donors (Lipinski definition) is 2. The summed E-state index contributed by atoms with van der Waals surface area (Å²) in [5.74, 6) is 6.33. The maximum absolute atomic E-state index is 12.1. The summed E-state index contributed by atoms with van der Waals surface area (Å²) in [7, 11) is 1.64. The van der Waals surface area contributed by atoms with Crippen molar-refractivity contribution in [3.8, 4) is 17.6 Å². The molecule has 0 radical (unpaired) electrons. The van der Waals surface area contributed by atoms with Crippen LogP contribution in [0.15, 0.2) is 36.4 Å². The summed E-state index contributed by atoms with van der Waals surface area (Å²) in [4.78, 5) is 13.5. The number of amides is 1. The van der Waals surface area contributed by atoms with E-state index in [-0.39, 0.29) is 5.91 Å². The first kappa shape index (κ1) is 18.1. The van der Waals surface area contributed by atoms with Gasteiger partial charge >= 0.3 is 0 Å². The second-order valence-electron chi connectivity index (χ2n) is 5.83. The van der Waals surface area contributed by atoms with Crippen LogP contribution < -0.4 is 10.1 Å². The van der Waals surface area contributed by atoms with Crippen molar-refractivity contribution in [2.45, 2.75) is 25.9 Å². The Morgan fingerprint density at radius 1 is 1.25 bits per heavy atom. The van der Waals surface area contributed by atoms with Crippen molar-refractivity contribution in [2.24, 2.45) is 0 Å². The number of methoxy groups -OCH3 is 1. The van der Waals surface area contributed by atoms with Crippen molar-refractivity contribution in [3.05, 3.63) is 51.7 Å². The van der Waals surface area contributed by atoms with Gasteiger partial charge in [0.1, 0.15) is 11.4 Å². The van der Waals surface area contributed by atoms with E-state index in [1.165, 1.54) is 11.3 Å². The molecule has 126 valence electrons. The molecule has 0 fully saturated rings. The van der Waals surface area contributed by atoms with Crippen LogP contribution >= 0.6 is 11.3 Å². The number of aliphatic hydroxyl groups is 1. The van der Waals surface area contributed by atoms with Crippen molar-refractivity contribution in [1.82, 2.24) is 5.32 Å². The number of rotatable bonds is 5. The summed E-state index contributed by atoms with van der Waals surface area (Å²) in [6.45, 7) is 3.81. The molecule has 0 aliphatic heterocycles. The number of thiophene rings is 1. The molecule has 0 bridgehead atoms. The molecule has 5 heteroatoms. The van der Waals surface area contributed by atoms with Crippen LogP contribution in [0, 0.1) is 11.8 Å². The number of hydrogen-bond acceptors (Lipinski definition) is 4. The minimum absolute atomic E-state index is 0.107. The number of benzene rings is 1. The fraction of sp³-hybridized carbons (Fsp3) is 0.316. The van der Waals surface area contributed by atoms with Gasteiger partial charge in [0.15, 0.2) is 0 Å². The Labute approximate surface area is 146 Å². The lowest BCUT2D eigenvalue weighted by molar-refractivity contribution is 0.0958. The molecule has 0 spiro atoms. The monoisotopic (exact) mass is 343 g/mol. The highest BCUT2D eigenvalue weighted by atomic mass is 32.1. The van der Waals surface area contributed by atoms with Crippen molar-refractivity contribution in [3.63, 3.8) is 0 Å². The first-order chi connectivity index (χ1) is 11.4. The molecule has 2 rings (SSSR count). The third-order valence-corrected chi connectivity index (χ3v) is 4.18. The molecule has 1 aromatic carbocycles. The first-order valence-electron chi connectivity index (χ1n) is 7.64. The number of ether oxygens (including phenoxy) is 1. The highest BCUT2D eigenvalue weighted by Crippen LogP contribution is 2.16. The van der Waals surface area contributed by atoms with Gasteiger partial charge < -0.3 is 15.2 Å². The molecule has 0 saturated carbocycles. The van der Waals surface area contributed by atoms with Crippen LogP contribution in [0.1, 0.15) is 34.0 Å². The van der Waals surface area contributed by atoms with Gasteiger partial charge in [0.25, 0.3) is 5.91 Å². The molecule has 0 unspecified atom stereocenters. The summed E-state index contributed by atoms with van der Waals surface area (Å²) in [6, 6.07) is 11.3. The predicted molar refractivity (Wildman–Crippen MR) is 96.5 cm³/mol. The van der Waals surface area contributed by atoms with Crippen LogP contribution in [0.5, 0.6) is 5.75 Å². The molecular weight excluding hydrogens is 322 g/mol. The Kier molecular flexibility index (Phi) is 6.02. The van der Waals surface area contributed by atoms with E-state index in [0.29, 0.717) is 11.4 Å². The highest BCUT2D eigenvalue weighted by molar-refractivity contribution is 7.14. The third-order valence-electron chi connectivity index (χ3n) is 3.18. The van der Waals surface area contributed by atoms with Crippen LogP contribution in [-0.2, 0) is 6.42 Å². The van der Waals surface area contributed by atoms with Crippen molar-refractivity contribution in [1.29, 1.82) is 0 Å². The van der Waals surface area contributed by atoms with E-state index in [1.807, 2.05) is 24.3 Å². The minimum Gasteiger partial charge on any atom is -0.497 e. The van der Waals surface area contributed by atoms with Gasteiger partial charge in [-0.25, -0.2) is 0 Å². The second kappa shape index (κ2) is 8.00. The Hall–Kier alpha value is -2.29. The van der Waals surface area contributed by atoms with E-state index in [2.05, 4.69) is 17.2 Å². The first-order valence-corrected chi connectivity index (χ1v) is 8.45. The Bertz CT molecular complexity index is 745. The molecule has 0 aliphatic carbocycles. The van der Waals surface area contributed by atoms with Crippen LogP contribution in [0.25, 0.3) is 0 Å². The normalized spacial score (nSPS) is 10.7. The SMILES string of the molecule is COc1ccc(CCNC(=O)c2ccc(C#CC(C)(C)O)s2)cc1. The number of carbonyl (C=O) groups excluding carboxylic acids is 1. The molecule has 1 heterocycles. The van der Waals surface area contributed by atoms with Crippen molar-refractivity contribution < 1.29 is 14.6 Å². The second-order valence-corrected chi connectivity index (χ2v) is 6.91. The Balaban J connectivity index is 1.86. The van der Waals surface area contributed by atoms with E-state index in [4.69, 9.17) is 4.74 Å². The zero-order valence-electron chi connectivity index (χ0n) is 14.1. The Morgan fingerprint density at radius 3 is 2.58 bits per heavy atom. The zero-order valence-corrected chi connectivity index (χ0v) is 14.9. The summed E-state index contributed by atoms with van der Waals surface area (Å²) in [5.41, 5.74) is 0.101. The smallest absolute Gasteiger partial charge is 0.261 e. The molecule has 0 atom stereocenters. The minimum atomic E-state index is -1.04. The van der Waals surface area contributed by atoms with Gasteiger partial charge in [0, 0.05) is 6.54 Å². The molecular formula is C19H21NO3S. The molecule has 2 N–H and O–H groups in total. The van der Waals surface area contributed by atoms with E-state index in [1.54, 1.807) is 33.1 Å². The van der Waals surface area contributed by atoms with Gasteiger partial charge in [-0.1, -0.05) is 24.0 Å². The average Bonchev–Trinajstić information content (AvgIpc) is 3.02. The van der Waals surface area contributed by atoms with E-state index >= 15 is 0 Å². The van der Waals surface area contributed by atoms with Crippen LogP contribution in [-0.4, -0.2) is 30.3 Å². The summed E-state index contributed by atoms with van der Waals surface area (Å²) in [6.07, 6.45) is 0.756. The van der Waals surface area contributed by atoms with Gasteiger partial charge in [-0.15, -0.1) is 11.3 Å². The van der Waals surface area contributed by atoms with Crippen molar-refractivity contribution in [2.75, 3.05) is 13.7 Å². The van der Waals surface area contributed by atoms with Crippen LogP contribution in [0.2, 0.25) is 0 Å². The summed E-state index contributed by atoms with van der Waals surface area (Å²) in [5, 5.41) is 12.5. The number of carbonyl (C=O) groups is 1. The molecule has 0 saturated heterocycles. The number of nitrogens with one attached hydrogen (secondary N) is 1. The maximum Gasteiger partial charge on any atom is 0.261 e. The fourth-order valence-electron chi connectivity index (χ4n) is 1.94. The van der Waals surface area contributed by atoms with Gasteiger partial charge in [-0.3, -0.25) is 4.79 Å². The topological polar surface area (TPSA) is 58.6 Å². The van der Waals surface area contributed by atoms with E-state index in [0.717, 1.165) is 22.6 Å². The molecule has 1 amide bonds. The fourth-order valence-corrected chi connectivity index (χ4v) is 2.72. The lowest BCUT2D eigenvalue weighted by Gasteiger charge is -2.05. The third kappa shape index (κ3) is 5.73. The van der Waals surface area contributed by atoms with Crippen LogP contribution in [0.3, 0.4) is 0 Å². The van der Waals surface area contributed by atoms with Gasteiger partial charge in [-0.2, -0.15) is 0 Å². The Morgan fingerprint density at radius 2 is 1.96 bits per heavy atom.